The van der Waals surface area contributed by atoms with E-state index < -0.39 is 25.0 Å². The van der Waals surface area contributed by atoms with Gasteiger partial charge in [0.05, 0.1) is 0 Å². The van der Waals surface area contributed by atoms with Crippen LogP contribution in [0.4, 0.5) is 5.69 Å². The van der Waals surface area contributed by atoms with Crippen LogP contribution in [-0.4, -0.2) is 42.0 Å². The molecule has 0 bridgehead atoms. The minimum atomic E-state index is -1.10. The summed E-state index contributed by atoms with van der Waals surface area (Å²) >= 11 is 0. The maximum absolute atomic E-state index is 10.7. The van der Waals surface area contributed by atoms with Gasteiger partial charge in [-0.2, -0.15) is 0 Å². The van der Waals surface area contributed by atoms with Gasteiger partial charge in [0.2, 0.25) is 6.79 Å². The van der Waals surface area contributed by atoms with E-state index in [-0.39, 0.29) is 6.79 Å². The Balaban J connectivity index is 2.24. The van der Waals surface area contributed by atoms with Crippen LogP contribution < -0.4 is 14.4 Å². The Morgan fingerprint density at radius 2 is 1.72 bits per heavy atom. The number of carboxylic acid groups (broad SMARTS) is 2. The van der Waals surface area contributed by atoms with E-state index in [1.54, 1.807) is 18.2 Å². The minimum Gasteiger partial charge on any atom is -0.480 e. The number of aliphatic carboxylic acids is 2. The Hall–Kier alpha value is -2.44. The molecule has 0 atom stereocenters. The lowest BCUT2D eigenvalue weighted by Gasteiger charge is -2.20. The summed E-state index contributed by atoms with van der Waals surface area (Å²) in [7, 11) is 0. The van der Waals surface area contributed by atoms with Gasteiger partial charge in [-0.05, 0) is 12.1 Å². The third-order valence-corrected chi connectivity index (χ3v) is 2.37. The van der Waals surface area contributed by atoms with E-state index in [1.807, 2.05) is 0 Å². The summed E-state index contributed by atoms with van der Waals surface area (Å²) in [6.45, 7) is -0.686. The lowest BCUT2D eigenvalue weighted by Crippen LogP contribution is -2.34. The Labute approximate surface area is 102 Å². The van der Waals surface area contributed by atoms with Crippen molar-refractivity contribution in [1.82, 2.24) is 0 Å². The van der Waals surface area contributed by atoms with Crippen molar-refractivity contribution < 1.29 is 29.3 Å². The molecule has 0 spiro atoms. The molecule has 0 aliphatic carbocycles. The maximum Gasteiger partial charge on any atom is 0.323 e. The lowest BCUT2D eigenvalue weighted by atomic mass is 10.2. The molecule has 0 saturated carbocycles. The van der Waals surface area contributed by atoms with Crippen LogP contribution >= 0.6 is 0 Å². The standard InChI is InChI=1S/C11H11NO6/c13-10(14)4-12(5-11(15)16)7-1-2-8-9(3-7)18-6-17-8/h1-3H,4-6H2,(H,13,14)(H,15,16). The summed E-state index contributed by atoms with van der Waals surface area (Å²) in [5, 5.41) is 17.5. The first-order valence-corrected chi connectivity index (χ1v) is 5.14. The van der Waals surface area contributed by atoms with Gasteiger partial charge in [0.1, 0.15) is 13.1 Å². The van der Waals surface area contributed by atoms with Gasteiger partial charge in [0.25, 0.3) is 0 Å². The van der Waals surface area contributed by atoms with Crippen LogP contribution in [0.1, 0.15) is 0 Å². The fraction of sp³-hybridized carbons (Fsp3) is 0.273. The molecular weight excluding hydrogens is 242 g/mol. The molecule has 7 heteroatoms. The van der Waals surface area contributed by atoms with Gasteiger partial charge < -0.3 is 24.6 Å². The molecule has 2 N–H and O–H groups in total. The normalized spacial score (nSPS) is 12.2. The SMILES string of the molecule is O=C(O)CN(CC(=O)O)c1ccc2c(c1)OCO2. The van der Waals surface area contributed by atoms with Crippen LogP contribution in [0.15, 0.2) is 18.2 Å². The second-order valence-corrected chi connectivity index (χ2v) is 3.68. The Morgan fingerprint density at radius 1 is 1.11 bits per heavy atom. The zero-order valence-corrected chi connectivity index (χ0v) is 9.33. The van der Waals surface area contributed by atoms with Crippen molar-refractivity contribution in [2.24, 2.45) is 0 Å². The van der Waals surface area contributed by atoms with E-state index in [0.717, 1.165) is 0 Å². The number of hydrogen-bond acceptors (Lipinski definition) is 5. The van der Waals surface area contributed by atoms with Crippen molar-refractivity contribution in [1.29, 1.82) is 0 Å². The number of nitrogens with zero attached hydrogens (tertiary/aromatic N) is 1. The highest BCUT2D eigenvalue weighted by atomic mass is 16.7. The van der Waals surface area contributed by atoms with Crippen LogP contribution in [0.2, 0.25) is 0 Å². The Bertz CT molecular complexity index is 470. The first-order valence-electron chi connectivity index (χ1n) is 5.14. The average Bonchev–Trinajstić information content (AvgIpc) is 2.73. The van der Waals surface area contributed by atoms with E-state index >= 15 is 0 Å². The summed E-state index contributed by atoms with van der Waals surface area (Å²) in [5.41, 5.74) is 0.462. The molecular formula is C11H11NO6. The molecule has 0 amide bonds. The Kier molecular flexibility index (Phi) is 3.22. The topological polar surface area (TPSA) is 96.3 Å². The summed E-state index contributed by atoms with van der Waals surface area (Å²) in [6.07, 6.45) is 0. The molecule has 0 radical (unpaired) electrons. The minimum absolute atomic E-state index is 0.108. The second-order valence-electron chi connectivity index (χ2n) is 3.68. The van der Waals surface area contributed by atoms with Crippen molar-refractivity contribution in [3.8, 4) is 11.5 Å². The van der Waals surface area contributed by atoms with Gasteiger partial charge in [0, 0.05) is 11.8 Å². The zero-order valence-electron chi connectivity index (χ0n) is 9.33. The van der Waals surface area contributed by atoms with Gasteiger partial charge in [-0.1, -0.05) is 0 Å². The number of carboxylic acids is 2. The van der Waals surface area contributed by atoms with Crippen molar-refractivity contribution in [2.75, 3.05) is 24.8 Å². The Morgan fingerprint density at radius 3 is 2.33 bits per heavy atom. The number of carbonyl (C=O) groups is 2. The molecule has 2 rings (SSSR count). The highest BCUT2D eigenvalue weighted by Crippen LogP contribution is 2.35. The van der Waals surface area contributed by atoms with Crippen LogP contribution in [0.25, 0.3) is 0 Å². The second kappa shape index (κ2) is 4.82. The molecule has 1 aliphatic rings. The first-order chi connectivity index (χ1) is 8.56. The third-order valence-electron chi connectivity index (χ3n) is 2.37. The van der Waals surface area contributed by atoms with Crippen LogP contribution in [0, 0.1) is 0 Å². The first kappa shape index (κ1) is 12.0. The highest BCUT2D eigenvalue weighted by Gasteiger charge is 2.19. The monoisotopic (exact) mass is 253 g/mol. The summed E-state index contributed by atoms with van der Waals surface area (Å²) in [6, 6.07) is 4.78. The molecule has 1 aromatic carbocycles. The van der Waals surface area contributed by atoms with Gasteiger partial charge in [-0.3, -0.25) is 9.59 Å². The molecule has 7 nitrogen and oxygen atoms in total. The molecule has 0 saturated heterocycles. The number of fused-ring (bicyclic) bond motifs is 1. The van der Waals surface area contributed by atoms with Crippen molar-refractivity contribution >= 4 is 17.6 Å². The number of ether oxygens (including phenoxy) is 2. The van der Waals surface area contributed by atoms with Crippen molar-refractivity contribution in [2.45, 2.75) is 0 Å². The molecule has 18 heavy (non-hydrogen) atoms. The molecule has 1 aliphatic heterocycles. The predicted molar refractivity (Wildman–Crippen MR) is 60.0 cm³/mol. The lowest BCUT2D eigenvalue weighted by molar-refractivity contribution is -0.136. The molecule has 0 aromatic heterocycles. The van der Waals surface area contributed by atoms with E-state index in [1.165, 1.54) is 4.90 Å². The van der Waals surface area contributed by atoms with Crippen molar-refractivity contribution in [3.63, 3.8) is 0 Å². The van der Waals surface area contributed by atoms with Gasteiger partial charge in [-0.25, -0.2) is 0 Å². The molecule has 1 heterocycles. The maximum atomic E-state index is 10.7. The van der Waals surface area contributed by atoms with Gasteiger partial charge >= 0.3 is 11.9 Å². The van der Waals surface area contributed by atoms with E-state index in [2.05, 4.69) is 0 Å². The van der Waals surface area contributed by atoms with Gasteiger partial charge in [-0.15, -0.1) is 0 Å². The molecule has 96 valence electrons. The average molecular weight is 253 g/mol. The molecule has 1 aromatic rings. The van der Waals surface area contributed by atoms with Crippen LogP contribution in [0.5, 0.6) is 11.5 Å². The fourth-order valence-corrected chi connectivity index (χ4v) is 1.65. The smallest absolute Gasteiger partial charge is 0.323 e. The summed E-state index contributed by atoms with van der Waals surface area (Å²) in [5.74, 6) is -1.17. The van der Waals surface area contributed by atoms with Crippen molar-refractivity contribution in [3.05, 3.63) is 18.2 Å². The predicted octanol–water partition coefficient (Wildman–Crippen LogP) is 0.391. The molecule has 0 unspecified atom stereocenters. The molecule has 0 fully saturated rings. The zero-order chi connectivity index (χ0) is 13.1. The van der Waals surface area contributed by atoms with Crippen LogP contribution in [-0.2, 0) is 9.59 Å². The quantitative estimate of drug-likeness (QED) is 0.783. The van der Waals surface area contributed by atoms with Gasteiger partial charge in [0.15, 0.2) is 11.5 Å². The summed E-state index contributed by atoms with van der Waals surface area (Å²) in [4.78, 5) is 22.6. The summed E-state index contributed by atoms with van der Waals surface area (Å²) < 4.78 is 10.3. The van der Waals surface area contributed by atoms with E-state index in [9.17, 15) is 9.59 Å². The number of benzene rings is 1. The van der Waals surface area contributed by atoms with E-state index in [0.29, 0.717) is 17.2 Å². The number of anilines is 1. The van der Waals surface area contributed by atoms with Crippen LogP contribution in [0.3, 0.4) is 0 Å². The highest BCUT2D eigenvalue weighted by molar-refractivity contribution is 5.80. The number of rotatable bonds is 5. The fourth-order valence-electron chi connectivity index (χ4n) is 1.65. The third kappa shape index (κ3) is 2.62. The number of hydrogen-bond donors (Lipinski definition) is 2. The van der Waals surface area contributed by atoms with E-state index in [4.69, 9.17) is 19.7 Å². The largest absolute Gasteiger partial charge is 0.480 e.